The van der Waals surface area contributed by atoms with Crippen LogP contribution in [0.3, 0.4) is 0 Å². The van der Waals surface area contributed by atoms with Gasteiger partial charge in [0.2, 0.25) is 0 Å². The molecular weight excluding hydrogens is 282 g/mol. The van der Waals surface area contributed by atoms with Gasteiger partial charge in [0.25, 0.3) is 5.91 Å². The number of nitrogens with zero attached hydrogens (tertiary/aromatic N) is 3. The number of H-pyrrole nitrogens is 1. The number of aryl methyl sites for hydroxylation is 1. The van der Waals surface area contributed by atoms with Crippen LogP contribution >= 0.6 is 0 Å². The maximum atomic E-state index is 12.4. The minimum absolute atomic E-state index is 0.0625. The fraction of sp³-hybridized carbons (Fsp3) is 0.533. The largest absolute Gasteiger partial charge is 0.369 e. The maximum Gasteiger partial charge on any atom is 0.272 e. The number of fused-ring (bicyclic) bond motifs is 1. The van der Waals surface area contributed by atoms with Gasteiger partial charge in [0.15, 0.2) is 5.69 Å². The number of carbonyl (C=O) groups excluding carboxylic acids is 1. The van der Waals surface area contributed by atoms with E-state index in [4.69, 9.17) is 4.74 Å². The third kappa shape index (κ3) is 2.52. The minimum Gasteiger partial charge on any atom is -0.369 e. The molecule has 2 aromatic heterocycles. The number of hydrogen-bond acceptors (Lipinski definition) is 4. The van der Waals surface area contributed by atoms with Crippen molar-refractivity contribution in [2.45, 2.75) is 45.9 Å². The molecule has 0 radical (unpaired) electrons. The lowest BCUT2D eigenvalue weighted by Gasteiger charge is -2.25. The van der Waals surface area contributed by atoms with Crippen molar-refractivity contribution < 1.29 is 9.53 Å². The van der Waals surface area contributed by atoms with Crippen molar-refractivity contribution in [2.24, 2.45) is 7.05 Å². The molecule has 0 spiro atoms. The number of aromatic amines is 1. The van der Waals surface area contributed by atoms with E-state index in [1.165, 1.54) is 0 Å². The number of aromatic nitrogens is 4. The second-order valence-electron chi connectivity index (χ2n) is 5.80. The van der Waals surface area contributed by atoms with Crippen LogP contribution in [-0.2, 0) is 24.8 Å². The van der Waals surface area contributed by atoms with Gasteiger partial charge < -0.3 is 14.6 Å². The molecule has 0 aliphatic carbocycles. The van der Waals surface area contributed by atoms with Gasteiger partial charge in [-0.2, -0.15) is 5.10 Å². The quantitative estimate of drug-likeness (QED) is 0.897. The highest BCUT2D eigenvalue weighted by molar-refractivity contribution is 5.94. The SMILES string of the molecule is Cc1ncc(CNC(=O)c2n[nH]c3c2C[C@@H](C)O[C@H]3C)n1C. The van der Waals surface area contributed by atoms with Crippen LogP contribution in [0.5, 0.6) is 0 Å². The van der Waals surface area contributed by atoms with E-state index in [9.17, 15) is 4.79 Å². The van der Waals surface area contributed by atoms with E-state index in [0.29, 0.717) is 18.7 Å². The predicted molar refractivity (Wildman–Crippen MR) is 80.4 cm³/mol. The lowest BCUT2D eigenvalue weighted by molar-refractivity contribution is -0.00697. The highest BCUT2D eigenvalue weighted by Crippen LogP contribution is 2.29. The van der Waals surface area contributed by atoms with E-state index >= 15 is 0 Å². The molecule has 0 fully saturated rings. The summed E-state index contributed by atoms with van der Waals surface area (Å²) in [6.07, 6.45) is 2.50. The molecule has 22 heavy (non-hydrogen) atoms. The first-order valence-corrected chi connectivity index (χ1v) is 7.45. The topological polar surface area (TPSA) is 84.8 Å². The zero-order valence-corrected chi connectivity index (χ0v) is 13.3. The molecule has 3 rings (SSSR count). The average molecular weight is 303 g/mol. The maximum absolute atomic E-state index is 12.4. The first-order valence-electron chi connectivity index (χ1n) is 7.45. The zero-order chi connectivity index (χ0) is 15.9. The minimum atomic E-state index is -0.169. The Balaban J connectivity index is 1.75. The summed E-state index contributed by atoms with van der Waals surface area (Å²) in [6.45, 7) is 6.33. The Morgan fingerprint density at radius 3 is 3.00 bits per heavy atom. The number of amides is 1. The number of rotatable bonds is 3. The summed E-state index contributed by atoms with van der Waals surface area (Å²) in [5.74, 6) is 0.749. The van der Waals surface area contributed by atoms with Crippen molar-refractivity contribution in [3.63, 3.8) is 0 Å². The van der Waals surface area contributed by atoms with Gasteiger partial charge in [-0.25, -0.2) is 4.98 Å². The Bertz CT molecular complexity index is 703. The van der Waals surface area contributed by atoms with Crippen LogP contribution in [0.4, 0.5) is 0 Å². The lowest BCUT2D eigenvalue weighted by atomic mass is 9.99. The van der Waals surface area contributed by atoms with Crippen molar-refractivity contribution >= 4 is 5.91 Å². The summed E-state index contributed by atoms with van der Waals surface area (Å²) in [7, 11) is 1.93. The molecule has 0 saturated carbocycles. The predicted octanol–water partition coefficient (Wildman–Crippen LogP) is 1.40. The molecule has 0 aromatic carbocycles. The molecule has 2 aromatic rings. The highest BCUT2D eigenvalue weighted by atomic mass is 16.5. The Kier molecular flexibility index (Phi) is 3.74. The molecule has 118 valence electrons. The van der Waals surface area contributed by atoms with Gasteiger partial charge in [-0.3, -0.25) is 9.89 Å². The monoisotopic (exact) mass is 303 g/mol. The summed E-state index contributed by atoms with van der Waals surface area (Å²) in [6, 6.07) is 0. The molecule has 1 amide bonds. The van der Waals surface area contributed by atoms with E-state index in [2.05, 4.69) is 20.5 Å². The van der Waals surface area contributed by atoms with Gasteiger partial charge in [-0.1, -0.05) is 0 Å². The smallest absolute Gasteiger partial charge is 0.272 e. The van der Waals surface area contributed by atoms with Gasteiger partial charge in [0, 0.05) is 19.0 Å². The van der Waals surface area contributed by atoms with Crippen molar-refractivity contribution in [3.05, 3.63) is 34.7 Å². The number of carbonyl (C=O) groups is 1. The fourth-order valence-electron chi connectivity index (χ4n) is 2.83. The Hall–Kier alpha value is -2.15. The van der Waals surface area contributed by atoms with E-state index in [1.807, 2.05) is 32.4 Å². The number of nitrogens with one attached hydrogen (secondary N) is 2. The van der Waals surface area contributed by atoms with Crippen LogP contribution in [-0.4, -0.2) is 31.8 Å². The van der Waals surface area contributed by atoms with Crippen molar-refractivity contribution in [1.29, 1.82) is 0 Å². The van der Waals surface area contributed by atoms with Gasteiger partial charge in [-0.05, 0) is 20.8 Å². The summed E-state index contributed by atoms with van der Waals surface area (Å²) in [4.78, 5) is 16.6. The van der Waals surface area contributed by atoms with Crippen LogP contribution in [0.2, 0.25) is 0 Å². The molecule has 0 unspecified atom stereocenters. The van der Waals surface area contributed by atoms with Crippen molar-refractivity contribution in [3.8, 4) is 0 Å². The highest BCUT2D eigenvalue weighted by Gasteiger charge is 2.29. The van der Waals surface area contributed by atoms with E-state index in [-0.39, 0.29) is 18.1 Å². The van der Waals surface area contributed by atoms with Crippen LogP contribution in [0.1, 0.15) is 53.2 Å². The van der Waals surface area contributed by atoms with Gasteiger partial charge in [-0.15, -0.1) is 0 Å². The number of imidazole rings is 1. The number of hydrogen-bond donors (Lipinski definition) is 2. The summed E-state index contributed by atoms with van der Waals surface area (Å²) >= 11 is 0. The van der Waals surface area contributed by atoms with Gasteiger partial charge >= 0.3 is 0 Å². The van der Waals surface area contributed by atoms with Crippen molar-refractivity contribution in [2.75, 3.05) is 0 Å². The van der Waals surface area contributed by atoms with Crippen molar-refractivity contribution in [1.82, 2.24) is 25.1 Å². The van der Waals surface area contributed by atoms with Crippen LogP contribution in [0, 0.1) is 6.92 Å². The van der Waals surface area contributed by atoms with Gasteiger partial charge in [0.05, 0.1) is 36.3 Å². The molecule has 1 aliphatic heterocycles. The average Bonchev–Trinajstić information content (AvgIpc) is 3.02. The Morgan fingerprint density at radius 1 is 1.55 bits per heavy atom. The van der Waals surface area contributed by atoms with Crippen LogP contribution in [0.15, 0.2) is 6.20 Å². The Labute approximate surface area is 129 Å². The zero-order valence-electron chi connectivity index (χ0n) is 13.3. The molecule has 0 saturated heterocycles. The lowest BCUT2D eigenvalue weighted by Crippen LogP contribution is -2.28. The molecule has 1 aliphatic rings. The van der Waals surface area contributed by atoms with E-state index in [1.54, 1.807) is 6.20 Å². The molecule has 7 heteroatoms. The first kappa shape index (κ1) is 14.8. The molecular formula is C15H21N5O2. The van der Waals surface area contributed by atoms with Crippen LogP contribution < -0.4 is 5.32 Å². The fourth-order valence-corrected chi connectivity index (χ4v) is 2.83. The third-order valence-electron chi connectivity index (χ3n) is 4.20. The Morgan fingerprint density at radius 2 is 2.32 bits per heavy atom. The standard InChI is InChI=1S/C15H21N5O2/c1-8-5-12-13(9(2)22-8)18-19-14(12)15(21)17-7-11-6-16-10(3)20(11)4/h6,8-9H,5,7H2,1-4H3,(H,17,21)(H,18,19)/t8-,9+/m1/s1. The summed E-state index contributed by atoms with van der Waals surface area (Å²) in [5, 5.41) is 10.0. The second kappa shape index (κ2) is 5.57. The van der Waals surface area contributed by atoms with Crippen LogP contribution in [0.25, 0.3) is 0 Å². The number of ether oxygens (including phenoxy) is 1. The molecule has 2 atom stereocenters. The van der Waals surface area contributed by atoms with E-state index in [0.717, 1.165) is 22.8 Å². The third-order valence-corrected chi connectivity index (χ3v) is 4.20. The second-order valence-corrected chi connectivity index (χ2v) is 5.80. The van der Waals surface area contributed by atoms with Gasteiger partial charge in [0.1, 0.15) is 5.82 Å². The summed E-state index contributed by atoms with van der Waals surface area (Å²) in [5.41, 5.74) is 3.29. The molecule has 3 heterocycles. The first-order chi connectivity index (χ1) is 10.5. The molecule has 7 nitrogen and oxygen atoms in total. The molecule has 2 N–H and O–H groups in total. The normalized spacial score (nSPS) is 20.7. The van der Waals surface area contributed by atoms with E-state index < -0.39 is 0 Å². The molecule has 0 bridgehead atoms. The summed E-state index contributed by atoms with van der Waals surface area (Å²) < 4.78 is 7.70.